The highest BCUT2D eigenvalue weighted by Crippen LogP contribution is 2.19. The molecule has 4 heteroatoms. The molecule has 0 aliphatic heterocycles. The van der Waals surface area contributed by atoms with Gasteiger partial charge < -0.3 is 9.73 Å². The van der Waals surface area contributed by atoms with Crippen molar-refractivity contribution < 1.29 is 4.42 Å². The van der Waals surface area contributed by atoms with Crippen molar-refractivity contribution in [1.82, 2.24) is 15.1 Å². The minimum atomic E-state index is 0.199. The van der Waals surface area contributed by atoms with Gasteiger partial charge in [-0.25, -0.2) is 0 Å². The van der Waals surface area contributed by atoms with Crippen molar-refractivity contribution in [3.63, 3.8) is 0 Å². The van der Waals surface area contributed by atoms with Gasteiger partial charge in [0.1, 0.15) is 5.76 Å². The lowest BCUT2D eigenvalue weighted by Crippen LogP contribution is -2.21. The molecule has 0 aliphatic carbocycles. The van der Waals surface area contributed by atoms with Crippen molar-refractivity contribution in [1.29, 1.82) is 0 Å². The lowest BCUT2D eigenvalue weighted by atomic mass is 10.1. The molecule has 2 rings (SSSR count). The summed E-state index contributed by atoms with van der Waals surface area (Å²) in [7, 11) is 0. The van der Waals surface area contributed by atoms with Crippen LogP contribution in [0, 0.1) is 0 Å². The third-order valence-corrected chi connectivity index (χ3v) is 2.95. The Kier molecular flexibility index (Phi) is 3.64. The van der Waals surface area contributed by atoms with E-state index in [2.05, 4.69) is 37.4 Å². The van der Waals surface area contributed by atoms with Crippen LogP contribution in [0.15, 0.2) is 35.2 Å². The Balaban J connectivity index is 1.99. The van der Waals surface area contributed by atoms with Crippen LogP contribution in [0.1, 0.15) is 44.2 Å². The third-order valence-electron chi connectivity index (χ3n) is 2.95. The molecule has 0 saturated carbocycles. The molecule has 0 bridgehead atoms. The smallest absolute Gasteiger partial charge is 0.120 e. The van der Waals surface area contributed by atoms with E-state index in [-0.39, 0.29) is 12.1 Å². The van der Waals surface area contributed by atoms with Gasteiger partial charge >= 0.3 is 0 Å². The summed E-state index contributed by atoms with van der Waals surface area (Å²) in [4.78, 5) is 0. The molecular weight excluding hydrogens is 214 g/mol. The number of hydrogen-bond acceptors (Lipinski definition) is 3. The molecule has 0 amide bonds. The highest BCUT2D eigenvalue weighted by atomic mass is 16.3. The first-order chi connectivity index (χ1) is 8.20. The van der Waals surface area contributed by atoms with Crippen LogP contribution in [0.25, 0.3) is 0 Å². The predicted molar refractivity (Wildman–Crippen MR) is 66.6 cm³/mol. The Labute approximate surface area is 102 Å². The van der Waals surface area contributed by atoms with E-state index < -0.39 is 0 Å². The summed E-state index contributed by atoms with van der Waals surface area (Å²) in [5.41, 5.74) is 1.20. The van der Waals surface area contributed by atoms with Crippen LogP contribution >= 0.6 is 0 Å². The number of aromatic nitrogens is 2. The first kappa shape index (κ1) is 11.9. The summed E-state index contributed by atoms with van der Waals surface area (Å²) in [5, 5.41) is 7.77. The first-order valence-corrected chi connectivity index (χ1v) is 6.02. The zero-order valence-corrected chi connectivity index (χ0v) is 10.6. The van der Waals surface area contributed by atoms with Gasteiger partial charge in [0.05, 0.1) is 18.5 Å². The van der Waals surface area contributed by atoms with E-state index in [1.54, 1.807) is 6.26 Å². The standard InChI is InChI=1S/C13H19N3O/c1-4-16-9-12(8-14-16)10(2)15-11(3)13-6-5-7-17-13/h5-11,15H,4H2,1-3H3/t10?,11-/m1/s1. The number of hydrogen-bond donors (Lipinski definition) is 1. The fourth-order valence-electron chi connectivity index (χ4n) is 1.87. The summed E-state index contributed by atoms with van der Waals surface area (Å²) in [6.07, 6.45) is 5.69. The molecule has 2 aromatic heterocycles. The van der Waals surface area contributed by atoms with Crippen molar-refractivity contribution >= 4 is 0 Å². The fourth-order valence-corrected chi connectivity index (χ4v) is 1.87. The molecule has 2 atom stereocenters. The first-order valence-electron chi connectivity index (χ1n) is 6.02. The molecule has 1 N–H and O–H groups in total. The summed E-state index contributed by atoms with van der Waals surface area (Å²) in [6.45, 7) is 7.22. The van der Waals surface area contributed by atoms with E-state index in [9.17, 15) is 0 Å². The summed E-state index contributed by atoms with van der Waals surface area (Å²) in [5.74, 6) is 0.958. The summed E-state index contributed by atoms with van der Waals surface area (Å²) >= 11 is 0. The zero-order chi connectivity index (χ0) is 12.3. The van der Waals surface area contributed by atoms with Crippen LogP contribution in [-0.2, 0) is 6.54 Å². The van der Waals surface area contributed by atoms with Gasteiger partial charge in [-0.2, -0.15) is 5.10 Å². The van der Waals surface area contributed by atoms with Gasteiger partial charge in [0.2, 0.25) is 0 Å². The van der Waals surface area contributed by atoms with E-state index in [0.29, 0.717) is 0 Å². The van der Waals surface area contributed by atoms with Gasteiger partial charge in [0.15, 0.2) is 0 Å². The van der Waals surface area contributed by atoms with Crippen molar-refractivity contribution in [2.75, 3.05) is 0 Å². The molecule has 17 heavy (non-hydrogen) atoms. The van der Waals surface area contributed by atoms with Crippen LogP contribution in [0.2, 0.25) is 0 Å². The lowest BCUT2D eigenvalue weighted by Gasteiger charge is -2.17. The van der Waals surface area contributed by atoms with Crippen molar-refractivity contribution in [2.24, 2.45) is 0 Å². The molecule has 1 unspecified atom stereocenters. The normalized spacial score (nSPS) is 14.8. The van der Waals surface area contributed by atoms with Gasteiger partial charge in [0.25, 0.3) is 0 Å². The summed E-state index contributed by atoms with van der Waals surface area (Å²) < 4.78 is 7.31. The number of nitrogens with one attached hydrogen (secondary N) is 1. The Morgan fingerprint density at radius 1 is 1.41 bits per heavy atom. The van der Waals surface area contributed by atoms with E-state index in [1.807, 2.05) is 23.0 Å². The Bertz CT molecular complexity index is 447. The Morgan fingerprint density at radius 3 is 2.82 bits per heavy atom. The van der Waals surface area contributed by atoms with Gasteiger partial charge in [-0.3, -0.25) is 4.68 Å². The largest absolute Gasteiger partial charge is 0.468 e. The number of aryl methyl sites for hydroxylation is 1. The molecule has 0 fully saturated rings. The average Bonchev–Trinajstić information content (AvgIpc) is 3.00. The molecule has 0 radical (unpaired) electrons. The van der Waals surface area contributed by atoms with Crippen LogP contribution in [0.5, 0.6) is 0 Å². The second-order valence-corrected chi connectivity index (χ2v) is 4.25. The van der Waals surface area contributed by atoms with Crippen LogP contribution in [0.4, 0.5) is 0 Å². The van der Waals surface area contributed by atoms with Crippen molar-refractivity contribution in [3.8, 4) is 0 Å². The molecule has 92 valence electrons. The van der Waals surface area contributed by atoms with Gasteiger partial charge in [-0.15, -0.1) is 0 Å². The van der Waals surface area contributed by atoms with E-state index in [0.717, 1.165) is 12.3 Å². The van der Waals surface area contributed by atoms with E-state index >= 15 is 0 Å². The maximum Gasteiger partial charge on any atom is 0.120 e. The number of rotatable bonds is 5. The maximum absolute atomic E-state index is 5.38. The molecule has 0 spiro atoms. The molecule has 0 aromatic carbocycles. The van der Waals surface area contributed by atoms with Gasteiger partial charge in [-0.1, -0.05) is 0 Å². The monoisotopic (exact) mass is 233 g/mol. The molecule has 0 saturated heterocycles. The Morgan fingerprint density at radius 2 is 2.24 bits per heavy atom. The Hall–Kier alpha value is -1.55. The van der Waals surface area contributed by atoms with Crippen molar-refractivity contribution in [2.45, 2.75) is 39.4 Å². The van der Waals surface area contributed by atoms with Gasteiger partial charge in [0, 0.05) is 24.3 Å². The quantitative estimate of drug-likeness (QED) is 0.863. The lowest BCUT2D eigenvalue weighted by molar-refractivity contribution is 0.403. The van der Waals surface area contributed by atoms with Gasteiger partial charge in [-0.05, 0) is 32.9 Å². The van der Waals surface area contributed by atoms with E-state index in [4.69, 9.17) is 4.42 Å². The molecule has 0 aliphatic rings. The topological polar surface area (TPSA) is 43.0 Å². The van der Waals surface area contributed by atoms with E-state index in [1.165, 1.54) is 5.56 Å². The van der Waals surface area contributed by atoms with Crippen LogP contribution in [-0.4, -0.2) is 9.78 Å². The fraction of sp³-hybridized carbons (Fsp3) is 0.462. The maximum atomic E-state index is 5.38. The molecule has 2 heterocycles. The highest BCUT2D eigenvalue weighted by molar-refractivity contribution is 5.11. The minimum Gasteiger partial charge on any atom is -0.468 e. The molecule has 2 aromatic rings. The SMILES string of the molecule is CCn1cc(C(C)N[C@H](C)c2ccco2)cn1. The zero-order valence-electron chi connectivity index (χ0n) is 10.6. The predicted octanol–water partition coefficient (Wildman–Crippen LogP) is 2.91. The number of nitrogens with zero attached hydrogens (tertiary/aromatic N) is 2. The van der Waals surface area contributed by atoms with Crippen LogP contribution in [0.3, 0.4) is 0 Å². The molecular formula is C13H19N3O. The second kappa shape index (κ2) is 5.19. The number of furan rings is 1. The second-order valence-electron chi connectivity index (χ2n) is 4.25. The highest BCUT2D eigenvalue weighted by Gasteiger charge is 2.14. The summed E-state index contributed by atoms with van der Waals surface area (Å²) in [6, 6.07) is 4.35. The van der Waals surface area contributed by atoms with Crippen LogP contribution < -0.4 is 5.32 Å². The third kappa shape index (κ3) is 2.77. The minimum absolute atomic E-state index is 0.199. The van der Waals surface area contributed by atoms with Crippen molar-refractivity contribution in [3.05, 3.63) is 42.1 Å². The molecule has 4 nitrogen and oxygen atoms in total. The average molecular weight is 233 g/mol.